The normalized spacial score (nSPS) is 20.7. The molecule has 3 aliphatic rings. The first-order chi connectivity index (χ1) is 18.3. The van der Waals surface area contributed by atoms with Crippen LogP contribution in [0.2, 0.25) is 58.9 Å². The molecule has 0 aromatic heterocycles. The zero-order valence-corrected chi connectivity index (χ0v) is 28.2. The molecule has 4 aromatic carbocycles. The van der Waals surface area contributed by atoms with Crippen LogP contribution in [-0.2, 0) is 0 Å². The summed E-state index contributed by atoms with van der Waals surface area (Å²) in [6, 6.07) is 28.5. The third-order valence-electron chi connectivity index (χ3n) is 9.70. The van der Waals surface area contributed by atoms with Crippen LogP contribution in [0.1, 0.15) is 50.0 Å². The van der Waals surface area contributed by atoms with Gasteiger partial charge < -0.3 is 0 Å². The largest absolute Gasteiger partial charge is 0.0688 e. The van der Waals surface area contributed by atoms with Crippen LogP contribution in [0.3, 0.4) is 0 Å². The van der Waals surface area contributed by atoms with Crippen LogP contribution < -0.4 is 0 Å². The van der Waals surface area contributed by atoms with Crippen LogP contribution in [0, 0.1) is 0 Å². The molecule has 7 rings (SSSR count). The zero-order chi connectivity index (χ0) is 27.6. The van der Waals surface area contributed by atoms with Gasteiger partial charge in [-0.2, -0.15) is 0 Å². The lowest BCUT2D eigenvalue weighted by Gasteiger charge is -2.34. The van der Waals surface area contributed by atoms with Gasteiger partial charge in [0.1, 0.15) is 0 Å². The second-order valence-electron chi connectivity index (χ2n) is 15.5. The Morgan fingerprint density at radius 3 is 0.821 bits per heavy atom. The van der Waals surface area contributed by atoms with Crippen molar-refractivity contribution in [3.8, 4) is 33.4 Å². The van der Waals surface area contributed by atoms with Crippen LogP contribution >= 0.6 is 0 Å². The van der Waals surface area contributed by atoms with E-state index in [1.807, 2.05) is 0 Å². The van der Waals surface area contributed by atoms with Crippen LogP contribution in [-0.4, -0.2) is 24.2 Å². The average Bonchev–Trinajstić information content (AvgIpc) is 3.48. The summed E-state index contributed by atoms with van der Waals surface area (Å²) in [5.41, 5.74) is 21.0. The van der Waals surface area contributed by atoms with Gasteiger partial charge in [-0.05, 0) is 66.8 Å². The Morgan fingerprint density at radius 1 is 0.359 bits per heavy atom. The number of hydrogen-bond donors (Lipinski definition) is 0. The first kappa shape index (κ1) is 25.5. The van der Waals surface area contributed by atoms with Crippen LogP contribution in [0.25, 0.3) is 33.4 Å². The number of benzene rings is 4. The van der Waals surface area contributed by atoms with Crippen molar-refractivity contribution in [1.82, 2.24) is 0 Å². The summed E-state index contributed by atoms with van der Waals surface area (Å²) >= 11 is 0. The minimum atomic E-state index is -1.62. The maximum atomic E-state index is 2.60. The molecular formula is C36H42Si3. The minimum absolute atomic E-state index is 0.530. The molecule has 3 heteroatoms. The lowest BCUT2D eigenvalue weighted by Crippen LogP contribution is -2.33. The molecule has 3 aliphatic carbocycles. The molecule has 0 saturated carbocycles. The Bertz CT molecular complexity index is 1450. The summed E-state index contributed by atoms with van der Waals surface area (Å²) in [7, 11) is -4.85. The van der Waals surface area contributed by atoms with Gasteiger partial charge in [0, 0.05) is 16.6 Å². The van der Waals surface area contributed by atoms with E-state index in [4.69, 9.17) is 0 Å². The Kier molecular flexibility index (Phi) is 5.26. The Morgan fingerprint density at radius 2 is 0.590 bits per heavy atom. The first-order valence-corrected chi connectivity index (χ1v) is 25.6. The van der Waals surface area contributed by atoms with Gasteiger partial charge in [0.05, 0.1) is 24.2 Å². The Hall–Kier alpha value is -2.47. The fourth-order valence-corrected chi connectivity index (χ4v) is 15.7. The van der Waals surface area contributed by atoms with E-state index in [0.717, 1.165) is 0 Å². The third kappa shape index (κ3) is 3.39. The molecule has 39 heavy (non-hydrogen) atoms. The molecule has 0 heterocycles. The number of fused-ring (bicyclic) bond motifs is 12. The van der Waals surface area contributed by atoms with Gasteiger partial charge in [-0.1, -0.05) is 132 Å². The molecule has 0 bridgehead atoms. The highest BCUT2D eigenvalue weighted by atomic mass is 28.3. The second kappa shape index (κ2) is 8.05. The molecule has 0 fully saturated rings. The van der Waals surface area contributed by atoms with Gasteiger partial charge in [-0.15, -0.1) is 0 Å². The summed E-state index contributed by atoms with van der Waals surface area (Å²) in [4.78, 5) is 0. The van der Waals surface area contributed by atoms with E-state index in [1.54, 1.807) is 50.1 Å². The SMILES string of the molecule is C[Si](C)(C)[C@H]1c2ccccc2-c2c1c1c(c3c2[C@@H]([Si](C)(C)C)c2ccccc2-3)[C@@H]([Si](C)(C)C)c2ccccc2-1. The predicted octanol–water partition coefficient (Wildman–Crippen LogP) is 10.7. The summed E-state index contributed by atoms with van der Waals surface area (Å²) in [6.07, 6.45) is 0. The Balaban J connectivity index is 1.76. The molecule has 198 valence electrons. The van der Waals surface area contributed by atoms with E-state index >= 15 is 0 Å². The first-order valence-electron chi connectivity index (χ1n) is 14.8. The van der Waals surface area contributed by atoms with Crippen LogP contribution in [0.4, 0.5) is 0 Å². The Labute approximate surface area is 238 Å². The van der Waals surface area contributed by atoms with Crippen molar-refractivity contribution in [2.75, 3.05) is 0 Å². The van der Waals surface area contributed by atoms with Gasteiger partial charge in [-0.3, -0.25) is 0 Å². The smallest absolute Gasteiger partial charge is 0.0574 e. The summed E-state index contributed by atoms with van der Waals surface area (Å²) < 4.78 is 0. The van der Waals surface area contributed by atoms with Crippen molar-refractivity contribution < 1.29 is 0 Å². The van der Waals surface area contributed by atoms with E-state index in [9.17, 15) is 0 Å². The highest BCUT2D eigenvalue weighted by Crippen LogP contribution is 2.66. The summed E-state index contributed by atoms with van der Waals surface area (Å²) in [5.74, 6) is 0. The molecule has 0 aliphatic heterocycles. The van der Waals surface area contributed by atoms with Gasteiger partial charge >= 0.3 is 0 Å². The molecule has 0 radical (unpaired) electrons. The number of hydrogen-bond acceptors (Lipinski definition) is 0. The fraction of sp³-hybridized carbons (Fsp3) is 0.333. The predicted molar refractivity (Wildman–Crippen MR) is 178 cm³/mol. The molecular weight excluding hydrogens is 517 g/mol. The van der Waals surface area contributed by atoms with Gasteiger partial charge in [0.15, 0.2) is 0 Å². The van der Waals surface area contributed by atoms with E-state index in [-0.39, 0.29) is 0 Å². The molecule has 0 amide bonds. The molecule has 3 atom stereocenters. The lowest BCUT2D eigenvalue weighted by molar-refractivity contribution is 1.08. The van der Waals surface area contributed by atoms with E-state index < -0.39 is 24.2 Å². The summed E-state index contributed by atoms with van der Waals surface area (Å²) in [6.45, 7) is 23.4. The van der Waals surface area contributed by atoms with E-state index in [2.05, 4.69) is 132 Å². The standard InChI is InChI=1S/C36H42Si3/c1-37(2,3)34-25-19-13-10-16-22(25)28-31(34)29-23-17-11-14-20-26(23)35(38(4,5)6)33(29)30-24-18-12-15-21-27(24)36(32(28)30)39(7,8)9/h10-21,34-36H,1-9H3/t34-,35-,36-/m0/s1. The summed E-state index contributed by atoms with van der Waals surface area (Å²) in [5, 5.41) is 0. The molecule has 0 N–H and O–H groups in total. The van der Waals surface area contributed by atoms with Crippen molar-refractivity contribution in [3.05, 3.63) is 106 Å². The van der Waals surface area contributed by atoms with Gasteiger partial charge in [0.25, 0.3) is 0 Å². The van der Waals surface area contributed by atoms with E-state index in [0.29, 0.717) is 16.6 Å². The van der Waals surface area contributed by atoms with Crippen LogP contribution in [0.15, 0.2) is 72.8 Å². The van der Waals surface area contributed by atoms with Crippen LogP contribution in [0.5, 0.6) is 0 Å². The maximum absolute atomic E-state index is 2.60. The number of rotatable bonds is 3. The van der Waals surface area contributed by atoms with Crippen molar-refractivity contribution in [1.29, 1.82) is 0 Å². The molecule has 0 unspecified atom stereocenters. The van der Waals surface area contributed by atoms with Crippen molar-refractivity contribution in [3.63, 3.8) is 0 Å². The molecule has 0 saturated heterocycles. The topological polar surface area (TPSA) is 0 Å². The fourth-order valence-electron chi connectivity index (χ4n) is 8.64. The molecule has 0 nitrogen and oxygen atoms in total. The molecule has 0 spiro atoms. The van der Waals surface area contributed by atoms with E-state index in [1.165, 1.54) is 16.7 Å². The quantitative estimate of drug-likeness (QED) is 0.219. The third-order valence-corrected chi connectivity index (χ3v) is 16.7. The van der Waals surface area contributed by atoms with Crippen molar-refractivity contribution in [2.24, 2.45) is 0 Å². The minimum Gasteiger partial charge on any atom is -0.0688 e. The maximum Gasteiger partial charge on any atom is 0.0574 e. The molecule has 4 aromatic rings. The monoisotopic (exact) mass is 558 g/mol. The average molecular weight is 559 g/mol. The van der Waals surface area contributed by atoms with Gasteiger partial charge in [-0.25, -0.2) is 0 Å². The second-order valence-corrected chi connectivity index (χ2v) is 31.5. The lowest BCUT2D eigenvalue weighted by atomic mass is 9.86. The van der Waals surface area contributed by atoms with Crippen molar-refractivity contribution >= 4 is 24.2 Å². The van der Waals surface area contributed by atoms with Crippen molar-refractivity contribution in [2.45, 2.75) is 75.5 Å². The zero-order valence-electron chi connectivity index (χ0n) is 25.2. The van der Waals surface area contributed by atoms with Gasteiger partial charge in [0.2, 0.25) is 0 Å². The highest BCUT2D eigenvalue weighted by molar-refractivity contribution is 6.80. The highest BCUT2D eigenvalue weighted by Gasteiger charge is 2.52.